The minimum Gasteiger partial charge on any atom is -0.497 e. The Morgan fingerprint density at radius 2 is 2.00 bits per heavy atom. The summed E-state index contributed by atoms with van der Waals surface area (Å²) in [6, 6.07) is 13.6. The van der Waals surface area contributed by atoms with Gasteiger partial charge in [0, 0.05) is 42.7 Å². The Morgan fingerprint density at radius 3 is 2.71 bits per heavy atom. The first-order valence-electron chi connectivity index (χ1n) is 10.4. The highest BCUT2D eigenvalue weighted by molar-refractivity contribution is 7.98. The largest absolute Gasteiger partial charge is 0.497 e. The Balaban J connectivity index is 1.57. The van der Waals surface area contributed by atoms with Crippen LogP contribution in [0.2, 0.25) is 0 Å². The molecule has 0 aliphatic carbocycles. The molecule has 2 heterocycles. The monoisotopic (exact) mass is 457 g/mol. The summed E-state index contributed by atoms with van der Waals surface area (Å²) in [5, 5.41) is 0.726. The number of ether oxygens (including phenoxy) is 2. The molecule has 0 N–H and O–H groups in total. The number of nitrogens with zero attached hydrogens (tertiary/aromatic N) is 3. The second kappa shape index (κ2) is 10.5. The highest BCUT2D eigenvalue weighted by Gasteiger charge is 2.22. The first kappa shape index (κ1) is 22.1. The minimum absolute atomic E-state index is 0.0133. The Morgan fingerprint density at radius 1 is 1.23 bits per heavy atom. The van der Waals surface area contributed by atoms with Gasteiger partial charge in [0.25, 0.3) is 5.91 Å². The number of amides is 1. The van der Waals surface area contributed by atoms with Gasteiger partial charge in [-0.1, -0.05) is 11.3 Å². The molecule has 0 bridgehead atoms. The zero-order valence-corrected chi connectivity index (χ0v) is 19.5. The van der Waals surface area contributed by atoms with Gasteiger partial charge in [0.05, 0.1) is 30.5 Å². The number of carbonyl (C=O) groups is 1. The van der Waals surface area contributed by atoms with Gasteiger partial charge in [-0.25, -0.2) is 4.98 Å². The Labute approximate surface area is 191 Å². The molecular weight excluding hydrogens is 430 g/mol. The lowest BCUT2D eigenvalue weighted by Crippen LogP contribution is -2.39. The molecule has 6 nitrogen and oxygen atoms in total. The fraction of sp³-hybridized carbons (Fsp3) is 0.391. The number of hydrogen-bond acceptors (Lipinski definition) is 7. The van der Waals surface area contributed by atoms with E-state index >= 15 is 0 Å². The van der Waals surface area contributed by atoms with Crippen molar-refractivity contribution in [1.82, 2.24) is 9.88 Å². The molecule has 0 saturated carbocycles. The molecule has 164 valence electrons. The van der Waals surface area contributed by atoms with Crippen LogP contribution < -0.4 is 9.64 Å². The smallest absolute Gasteiger partial charge is 0.260 e. The van der Waals surface area contributed by atoms with Crippen LogP contribution in [-0.2, 0) is 4.74 Å². The third-order valence-corrected chi connectivity index (χ3v) is 7.16. The van der Waals surface area contributed by atoms with E-state index in [0.717, 1.165) is 65.3 Å². The average Bonchev–Trinajstić information content (AvgIpc) is 3.25. The van der Waals surface area contributed by atoms with Crippen LogP contribution in [0.1, 0.15) is 16.8 Å². The predicted octanol–water partition coefficient (Wildman–Crippen LogP) is 4.40. The van der Waals surface area contributed by atoms with E-state index in [-0.39, 0.29) is 5.91 Å². The van der Waals surface area contributed by atoms with Crippen molar-refractivity contribution in [3.8, 4) is 5.75 Å². The van der Waals surface area contributed by atoms with Gasteiger partial charge in [-0.2, -0.15) is 0 Å². The maximum atomic E-state index is 13.5. The van der Waals surface area contributed by atoms with Gasteiger partial charge in [-0.15, -0.1) is 11.8 Å². The molecule has 4 rings (SSSR count). The molecule has 0 spiro atoms. The van der Waals surface area contributed by atoms with Crippen LogP contribution in [-0.4, -0.2) is 68.5 Å². The van der Waals surface area contributed by atoms with Crippen LogP contribution in [0.4, 0.5) is 5.13 Å². The van der Waals surface area contributed by atoms with Crippen molar-refractivity contribution in [2.24, 2.45) is 0 Å². The molecule has 1 fully saturated rings. The number of methoxy groups -OCH3 is 1. The van der Waals surface area contributed by atoms with Gasteiger partial charge in [-0.3, -0.25) is 14.6 Å². The number of benzene rings is 2. The van der Waals surface area contributed by atoms with Crippen molar-refractivity contribution in [3.63, 3.8) is 0 Å². The zero-order chi connectivity index (χ0) is 21.6. The average molecular weight is 458 g/mol. The molecule has 1 amide bonds. The quantitative estimate of drug-likeness (QED) is 0.468. The van der Waals surface area contributed by atoms with Crippen molar-refractivity contribution < 1.29 is 14.3 Å². The minimum atomic E-state index is -0.0133. The van der Waals surface area contributed by atoms with Crippen molar-refractivity contribution in [2.45, 2.75) is 11.3 Å². The number of fused-ring (bicyclic) bond motifs is 1. The summed E-state index contributed by atoms with van der Waals surface area (Å²) in [5.41, 5.74) is 1.53. The van der Waals surface area contributed by atoms with Gasteiger partial charge in [0.15, 0.2) is 5.13 Å². The summed E-state index contributed by atoms with van der Waals surface area (Å²) in [7, 11) is 1.65. The summed E-state index contributed by atoms with van der Waals surface area (Å²) < 4.78 is 11.8. The summed E-state index contributed by atoms with van der Waals surface area (Å²) >= 11 is 3.21. The maximum absolute atomic E-state index is 13.5. The molecule has 1 aromatic heterocycles. The normalized spacial score (nSPS) is 14.6. The van der Waals surface area contributed by atoms with Crippen LogP contribution in [0.5, 0.6) is 5.75 Å². The zero-order valence-electron chi connectivity index (χ0n) is 17.9. The SMILES string of the molecule is COc1ccc2sc(N(CCCN3CCOCC3)C(=O)c3ccc(SC)cc3)nc2c1. The fourth-order valence-electron chi connectivity index (χ4n) is 3.59. The van der Waals surface area contributed by atoms with E-state index in [9.17, 15) is 4.79 Å². The van der Waals surface area contributed by atoms with Crippen molar-refractivity contribution >= 4 is 44.4 Å². The lowest BCUT2D eigenvalue weighted by atomic mass is 10.2. The number of carbonyl (C=O) groups excluding carboxylic acids is 1. The Bertz CT molecular complexity index is 1020. The molecule has 0 radical (unpaired) electrons. The molecule has 2 aromatic carbocycles. The molecular formula is C23H27N3O3S2. The van der Waals surface area contributed by atoms with E-state index in [1.807, 2.05) is 53.6 Å². The van der Waals surface area contributed by atoms with Crippen LogP contribution in [0, 0.1) is 0 Å². The van der Waals surface area contributed by atoms with E-state index in [4.69, 9.17) is 14.5 Å². The molecule has 31 heavy (non-hydrogen) atoms. The lowest BCUT2D eigenvalue weighted by molar-refractivity contribution is 0.0376. The number of rotatable bonds is 8. The van der Waals surface area contributed by atoms with Crippen LogP contribution in [0.25, 0.3) is 10.2 Å². The van der Waals surface area contributed by atoms with Crippen LogP contribution in [0.15, 0.2) is 47.4 Å². The Kier molecular flexibility index (Phi) is 7.45. The molecule has 1 aliphatic rings. The number of morpholine rings is 1. The third-order valence-electron chi connectivity index (χ3n) is 5.36. The highest BCUT2D eigenvalue weighted by Crippen LogP contribution is 2.32. The summed E-state index contributed by atoms with van der Waals surface area (Å²) in [6.07, 6.45) is 2.91. The van der Waals surface area contributed by atoms with Crippen LogP contribution >= 0.6 is 23.1 Å². The maximum Gasteiger partial charge on any atom is 0.260 e. The van der Waals surface area contributed by atoms with Gasteiger partial charge >= 0.3 is 0 Å². The van der Waals surface area contributed by atoms with Gasteiger partial charge in [-0.05, 0) is 49.1 Å². The van der Waals surface area contributed by atoms with E-state index in [1.165, 1.54) is 0 Å². The van der Waals surface area contributed by atoms with Gasteiger partial charge in [0.2, 0.25) is 0 Å². The van der Waals surface area contributed by atoms with E-state index < -0.39 is 0 Å². The standard InChI is InChI=1S/C23H27N3O3S2/c1-28-18-6-9-21-20(16-18)24-23(31-21)26(11-3-10-25-12-14-29-15-13-25)22(27)17-4-7-19(30-2)8-5-17/h4-9,16H,3,10-15H2,1-2H3. The fourth-order valence-corrected chi connectivity index (χ4v) is 4.97. The van der Waals surface area contributed by atoms with E-state index in [2.05, 4.69) is 4.90 Å². The van der Waals surface area contributed by atoms with Gasteiger partial charge in [0.1, 0.15) is 5.75 Å². The van der Waals surface area contributed by atoms with Crippen molar-refractivity contribution in [1.29, 1.82) is 0 Å². The predicted molar refractivity (Wildman–Crippen MR) is 128 cm³/mol. The first-order chi connectivity index (χ1) is 15.2. The third kappa shape index (κ3) is 5.38. The molecule has 1 aliphatic heterocycles. The number of thioether (sulfide) groups is 1. The number of anilines is 1. The number of aromatic nitrogens is 1. The Hall–Kier alpha value is -2.13. The molecule has 8 heteroatoms. The molecule has 0 atom stereocenters. The van der Waals surface area contributed by atoms with E-state index in [0.29, 0.717) is 12.1 Å². The molecule has 0 unspecified atom stereocenters. The topological polar surface area (TPSA) is 54.9 Å². The summed E-state index contributed by atoms with van der Waals surface area (Å²) in [4.78, 5) is 23.6. The summed E-state index contributed by atoms with van der Waals surface area (Å²) in [6.45, 7) is 5.03. The second-order valence-corrected chi connectivity index (χ2v) is 9.21. The van der Waals surface area contributed by atoms with Gasteiger partial charge < -0.3 is 9.47 Å². The summed E-state index contributed by atoms with van der Waals surface area (Å²) in [5.74, 6) is 0.753. The number of hydrogen-bond donors (Lipinski definition) is 0. The highest BCUT2D eigenvalue weighted by atomic mass is 32.2. The van der Waals surface area contributed by atoms with Crippen molar-refractivity contribution in [3.05, 3.63) is 48.0 Å². The molecule has 3 aromatic rings. The molecule has 1 saturated heterocycles. The number of thiazole rings is 1. The first-order valence-corrected chi connectivity index (χ1v) is 12.4. The van der Waals surface area contributed by atoms with Crippen LogP contribution in [0.3, 0.4) is 0 Å². The second-order valence-electron chi connectivity index (χ2n) is 7.32. The lowest BCUT2D eigenvalue weighted by Gasteiger charge is -2.27. The van der Waals surface area contributed by atoms with E-state index in [1.54, 1.807) is 30.2 Å². The van der Waals surface area contributed by atoms with Crippen molar-refractivity contribution in [2.75, 3.05) is 57.7 Å².